The molecule has 1 atom stereocenters. The third-order valence-corrected chi connectivity index (χ3v) is 4.56. The molecule has 2 aromatic rings. The van der Waals surface area contributed by atoms with Gasteiger partial charge in [-0.25, -0.2) is 5.10 Å². The Bertz CT molecular complexity index is 765. The Morgan fingerprint density at radius 3 is 2.64 bits per heavy atom. The number of ketones is 1. The molecule has 7 nitrogen and oxygen atoms in total. The van der Waals surface area contributed by atoms with Gasteiger partial charge in [-0.1, -0.05) is 0 Å². The fourth-order valence-corrected chi connectivity index (χ4v) is 3.31. The first kappa shape index (κ1) is 17.3. The van der Waals surface area contributed by atoms with Gasteiger partial charge in [0, 0.05) is 12.1 Å². The first-order valence-corrected chi connectivity index (χ1v) is 8.06. The summed E-state index contributed by atoms with van der Waals surface area (Å²) in [5.74, 6) is -0.567. The quantitative estimate of drug-likeness (QED) is 0.827. The van der Waals surface area contributed by atoms with Crippen molar-refractivity contribution >= 4 is 29.4 Å². The predicted octanol–water partition coefficient (Wildman–Crippen LogP) is 2.03. The van der Waals surface area contributed by atoms with Crippen molar-refractivity contribution in [2.24, 2.45) is 0 Å². The van der Waals surface area contributed by atoms with E-state index in [9.17, 15) is 22.8 Å². The summed E-state index contributed by atoms with van der Waals surface area (Å²) in [4.78, 5) is 29.7. The molecule has 0 spiro atoms. The van der Waals surface area contributed by atoms with Crippen molar-refractivity contribution in [2.75, 3.05) is 17.2 Å². The minimum absolute atomic E-state index is 0.0897. The number of carbonyl (C=O) groups excluding carboxylic acids is 2. The van der Waals surface area contributed by atoms with Crippen LogP contribution in [0.1, 0.15) is 10.4 Å². The molecular formula is C14H11F3N4O3S. The van der Waals surface area contributed by atoms with Gasteiger partial charge in [0.1, 0.15) is 12.1 Å². The van der Waals surface area contributed by atoms with Gasteiger partial charge < -0.3 is 4.74 Å². The molecule has 132 valence electrons. The zero-order chi connectivity index (χ0) is 18.0. The van der Waals surface area contributed by atoms with Crippen LogP contribution in [0.5, 0.6) is 5.75 Å². The third-order valence-electron chi connectivity index (χ3n) is 3.38. The lowest BCUT2D eigenvalue weighted by atomic mass is 10.1. The van der Waals surface area contributed by atoms with Crippen LogP contribution in [0.2, 0.25) is 0 Å². The number of halogens is 3. The van der Waals surface area contributed by atoms with Crippen molar-refractivity contribution in [1.29, 1.82) is 0 Å². The number of nitrogens with zero attached hydrogens (tertiary/aromatic N) is 3. The largest absolute Gasteiger partial charge is 0.573 e. The molecule has 1 aromatic carbocycles. The second kappa shape index (κ2) is 6.75. The normalized spacial score (nSPS) is 18.3. The van der Waals surface area contributed by atoms with E-state index in [0.717, 1.165) is 12.1 Å². The number of hydrogen-bond donors (Lipinski definition) is 1. The number of amides is 1. The molecule has 1 fully saturated rings. The summed E-state index contributed by atoms with van der Waals surface area (Å²) >= 11 is 1.18. The average Bonchev–Trinajstić information content (AvgIpc) is 3.08. The van der Waals surface area contributed by atoms with Crippen molar-refractivity contribution in [3.05, 3.63) is 36.2 Å². The molecule has 3 rings (SSSR count). The SMILES string of the molecule is O=C(c1ccc(OC(F)(F)F)cc1)C1CN(c2ncn[nH]2)C(=O)CS1. The molecular weight excluding hydrogens is 361 g/mol. The summed E-state index contributed by atoms with van der Waals surface area (Å²) in [6, 6.07) is 4.68. The van der Waals surface area contributed by atoms with Crippen molar-refractivity contribution in [1.82, 2.24) is 15.2 Å². The Hall–Kier alpha value is -2.56. The smallest absolute Gasteiger partial charge is 0.406 e. The van der Waals surface area contributed by atoms with E-state index in [1.807, 2.05) is 0 Å². The molecule has 0 aliphatic carbocycles. The van der Waals surface area contributed by atoms with Crippen molar-refractivity contribution in [3.8, 4) is 5.75 Å². The number of aromatic nitrogens is 3. The molecule has 1 unspecified atom stereocenters. The number of anilines is 1. The molecule has 1 saturated heterocycles. The van der Waals surface area contributed by atoms with Gasteiger partial charge in [0.25, 0.3) is 0 Å². The zero-order valence-electron chi connectivity index (χ0n) is 12.5. The van der Waals surface area contributed by atoms with Crippen LogP contribution < -0.4 is 9.64 Å². The summed E-state index contributed by atoms with van der Waals surface area (Å²) in [5.41, 5.74) is 0.235. The number of aromatic amines is 1. The molecule has 0 radical (unpaired) electrons. The molecule has 1 aliphatic heterocycles. The molecule has 1 aromatic heterocycles. The highest BCUT2D eigenvalue weighted by Gasteiger charge is 2.34. The van der Waals surface area contributed by atoms with Crippen LogP contribution in [-0.2, 0) is 4.79 Å². The van der Waals surface area contributed by atoms with E-state index in [1.54, 1.807) is 0 Å². The van der Waals surface area contributed by atoms with E-state index < -0.39 is 17.4 Å². The lowest BCUT2D eigenvalue weighted by Crippen LogP contribution is -2.45. The maximum absolute atomic E-state index is 12.5. The Labute approximate surface area is 143 Å². The number of Topliss-reactive ketones (excluding diaryl/α,β-unsaturated/α-hetero) is 1. The second-order valence-corrected chi connectivity index (χ2v) is 6.24. The van der Waals surface area contributed by atoms with Gasteiger partial charge in [-0.2, -0.15) is 10.1 Å². The number of H-pyrrole nitrogens is 1. The van der Waals surface area contributed by atoms with Crippen molar-refractivity contribution in [3.63, 3.8) is 0 Å². The Morgan fingerprint density at radius 2 is 2.04 bits per heavy atom. The monoisotopic (exact) mass is 372 g/mol. The number of ether oxygens (including phenoxy) is 1. The number of hydrogen-bond acceptors (Lipinski definition) is 6. The van der Waals surface area contributed by atoms with Crippen molar-refractivity contribution in [2.45, 2.75) is 11.6 Å². The highest BCUT2D eigenvalue weighted by molar-refractivity contribution is 8.01. The maximum Gasteiger partial charge on any atom is 0.573 e. The molecule has 1 amide bonds. The van der Waals surface area contributed by atoms with Crippen LogP contribution >= 0.6 is 11.8 Å². The van der Waals surface area contributed by atoms with Gasteiger partial charge >= 0.3 is 6.36 Å². The Kier molecular flexibility index (Phi) is 4.66. The zero-order valence-corrected chi connectivity index (χ0v) is 13.3. The van der Waals surface area contributed by atoms with Gasteiger partial charge in [0.2, 0.25) is 11.9 Å². The summed E-state index contributed by atoms with van der Waals surface area (Å²) in [5, 5.41) is 5.68. The van der Waals surface area contributed by atoms with Crippen LogP contribution in [0.4, 0.5) is 19.1 Å². The van der Waals surface area contributed by atoms with E-state index in [1.165, 1.54) is 35.1 Å². The molecule has 0 bridgehead atoms. The van der Waals surface area contributed by atoms with Crippen molar-refractivity contribution < 1.29 is 27.5 Å². The molecule has 0 saturated carbocycles. The van der Waals surface area contributed by atoms with Crippen LogP contribution in [0.25, 0.3) is 0 Å². The van der Waals surface area contributed by atoms with E-state index in [-0.39, 0.29) is 35.5 Å². The minimum atomic E-state index is -4.79. The molecule has 11 heteroatoms. The average molecular weight is 372 g/mol. The molecule has 1 N–H and O–H groups in total. The second-order valence-electron chi connectivity index (χ2n) is 5.05. The first-order valence-electron chi connectivity index (χ1n) is 7.01. The van der Waals surface area contributed by atoms with Gasteiger partial charge in [-0.15, -0.1) is 24.9 Å². The highest BCUT2D eigenvalue weighted by atomic mass is 32.2. The lowest BCUT2D eigenvalue weighted by Gasteiger charge is -2.29. The third kappa shape index (κ3) is 4.10. The van der Waals surface area contributed by atoms with Crippen LogP contribution in [0.3, 0.4) is 0 Å². The van der Waals surface area contributed by atoms with E-state index in [2.05, 4.69) is 19.9 Å². The Morgan fingerprint density at radius 1 is 1.32 bits per heavy atom. The van der Waals surface area contributed by atoms with E-state index in [0.29, 0.717) is 0 Å². The number of carbonyl (C=O) groups is 2. The fourth-order valence-electron chi connectivity index (χ4n) is 2.27. The minimum Gasteiger partial charge on any atom is -0.406 e. The predicted molar refractivity (Wildman–Crippen MR) is 82.4 cm³/mol. The fraction of sp³-hybridized carbons (Fsp3) is 0.286. The van der Waals surface area contributed by atoms with Crippen LogP contribution in [0, 0.1) is 0 Å². The summed E-state index contributed by atoms with van der Waals surface area (Å²) in [6.45, 7) is 0.0956. The van der Waals surface area contributed by atoms with Gasteiger partial charge in [-0.3, -0.25) is 14.5 Å². The summed E-state index contributed by atoms with van der Waals surface area (Å²) in [7, 11) is 0. The number of nitrogens with one attached hydrogen (secondary N) is 1. The van der Waals surface area contributed by atoms with Gasteiger partial charge in [0.05, 0.1) is 11.0 Å². The molecule has 25 heavy (non-hydrogen) atoms. The van der Waals surface area contributed by atoms with Gasteiger partial charge in [0.15, 0.2) is 5.78 Å². The van der Waals surface area contributed by atoms with Gasteiger partial charge in [-0.05, 0) is 24.3 Å². The number of rotatable bonds is 4. The highest BCUT2D eigenvalue weighted by Crippen LogP contribution is 2.27. The number of benzene rings is 1. The van der Waals surface area contributed by atoms with Crippen LogP contribution in [0.15, 0.2) is 30.6 Å². The standard InChI is InChI=1S/C14H11F3N4O3S/c15-14(16,17)24-9-3-1-8(2-4-9)12(23)10-5-21(11(22)6-25-10)13-18-7-19-20-13/h1-4,7,10H,5-6H2,(H,18,19,20). The summed E-state index contributed by atoms with van der Waals surface area (Å²) < 4.78 is 40.3. The topological polar surface area (TPSA) is 88.2 Å². The number of alkyl halides is 3. The summed E-state index contributed by atoms with van der Waals surface area (Å²) in [6.07, 6.45) is -3.54. The molecule has 1 aliphatic rings. The molecule has 2 heterocycles. The van der Waals surface area contributed by atoms with Crippen LogP contribution in [-0.4, -0.2) is 50.8 Å². The lowest BCUT2D eigenvalue weighted by molar-refractivity contribution is -0.274. The van der Waals surface area contributed by atoms with E-state index in [4.69, 9.17) is 0 Å². The van der Waals surface area contributed by atoms with E-state index >= 15 is 0 Å². The Balaban J connectivity index is 1.71. The number of thioether (sulfide) groups is 1. The first-order chi connectivity index (χ1) is 11.8. The maximum atomic E-state index is 12.5.